The second-order valence-corrected chi connectivity index (χ2v) is 4.18. The highest BCUT2D eigenvalue weighted by Gasteiger charge is 2.14. The number of aryl methyl sites for hydroxylation is 1. The first-order chi connectivity index (χ1) is 9.15. The van der Waals surface area contributed by atoms with Crippen molar-refractivity contribution in [3.63, 3.8) is 0 Å². The average molecular weight is 259 g/mol. The number of hydrogen-bond donors (Lipinski definition) is 1. The molecule has 0 atom stereocenters. The van der Waals surface area contributed by atoms with E-state index in [1.807, 2.05) is 17.7 Å². The second-order valence-electron chi connectivity index (χ2n) is 4.18. The van der Waals surface area contributed by atoms with Gasteiger partial charge in [-0.2, -0.15) is 0 Å². The number of nitrogens with two attached hydrogens (primary N) is 1. The summed E-state index contributed by atoms with van der Waals surface area (Å²) in [5.74, 6) is 1.31. The number of rotatable bonds is 5. The third-order valence-electron chi connectivity index (χ3n) is 3.02. The van der Waals surface area contributed by atoms with Gasteiger partial charge in [0.2, 0.25) is 0 Å². The molecule has 0 unspecified atom stereocenters. The number of methoxy groups -OCH3 is 1. The molecule has 0 bridgehead atoms. The van der Waals surface area contributed by atoms with Crippen LogP contribution in [0.2, 0.25) is 0 Å². The Balaban J connectivity index is 2.25. The standard InChI is InChI=1S/C14H17N3O2/c1-3-17-7-6-16-14(17)9-13(18)11-8-10(19-2)4-5-12(11)15/h4-8H,3,9,15H2,1-2H3. The van der Waals surface area contributed by atoms with Crippen molar-refractivity contribution in [1.29, 1.82) is 0 Å². The lowest BCUT2D eigenvalue weighted by molar-refractivity contribution is 0.0990. The van der Waals surface area contributed by atoms with Gasteiger partial charge in [-0.25, -0.2) is 4.98 Å². The van der Waals surface area contributed by atoms with Gasteiger partial charge in [-0.3, -0.25) is 4.79 Å². The maximum atomic E-state index is 12.3. The van der Waals surface area contributed by atoms with Gasteiger partial charge in [0.25, 0.3) is 0 Å². The number of anilines is 1. The second kappa shape index (κ2) is 5.56. The highest BCUT2D eigenvalue weighted by Crippen LogP contribution is 2.21. The molecule has 0 aliphatic carbocycles. The Morgan fingerprint density at radius 1 is 1.47 bits per heavy atom. The Hall–Kier alpha value is -2.30. The van der Waals surface area contributed by atoms with E-state index in [-0.39, 0.29) is 12.2 Å². The molecule has 0 radical (unpaired) electrons. The van der Waals surface area contributed by atoms with Crippen LogP contribution < -0.4 is 10.5 Å². The molecule has 0 saturated heterocycles. The lowest BCUT2D eigenvalue weighted by Gasteiger charge is -2.08. The summed E-state index contributed by atoms with van der Waals surface area (Å²) in [6, 6.07) is 5.08. The predicted molar refractivity (Wildman–Crippen MR) is 73.3 cm³/mol. The van der Waals surface area contributed by atoms with Crippen LogP contribution in [0.1, 0.15) is 23.1 Å². The van der Waals surface area contributed by atoms with Crippen LogP contribution in [0.4, 0.5) is 5.69 Å². The number of ketones is 1. The number of carbonyl (C=O) groups is 1. The zero-order valence-corrected chi connectivity index (χ0v) is 11.1. The molecule has 0 amide bonds. The number of hydrogen-bond acceptors (Lipinski definition) is 4. The van der Waals surface area contributed by atoms with Gasteiger partial charge in [-0.1, -0.05) is 0 Å². The topological polar surface area (TPSA) is 70.1 Å². The van der Waals surface area contributed by atoms with E-state index in [9.17, 15) is 4.79 Å². The molecule has 2 rings (SSSR count). The van der Waals surface area contributed by atoms with Gasteiger partial charge in [0.05, 0.1) is 13.5 Å². The Bertz CT molecular complexity index is 590. The van der Waals surface area contributed by atoms with Gasteiger partial charge < -0.3 is 15.0 Å². The van der Waals surface area contributed by atoms with E-state index in [0.29, 0.717) is 17.0 Å². The fourth-order valence-corrected chi connectivity index (χ4v) is 1.94. The number of Topliss-reactive ketones (excluding diaryl/α,β-unsaturated/α-hetero) is 1. The number of benzene rings is 1. The van der Waals surface area contributed by atoms with Crippen LogP contribution in [0.3, 0.4) is 0 Å². The lowest BCUT2D eigenvalue weighted by atomic mass is 10.1. The minimum atomic E-state index is -0.0581. The summed E-state index contributed by atoms with van der Waals surface area (Å²) in [5, 5.41) is 0. The molecule has 0 aliphatic heterocycles. The largest absolute Gasteiger partial charge is 0.497 e. The Labute approximate surface area is 112 Å². The minimum absolute atomic E-state index is 0.0581. The average Bonchev–Trinajstić information content (AvgIpc) is 2.86. The third kappa shape index (κ3) is 2.76. The molecule has 0 aliphatic rings. The fourth-order valence-electron chi connectivity index (χ4n) is 1.94. The number of aromatic nitrogens is 2. The van der Waals surface area contributed by atoms with Crippen molar-refractivity contribution in [3.05, 3.63) is 42.0 Å². The van der Waals surface area contributed by atoms with Crippen LogP contribution in [0.15, 0.2) is 30.6 Å². The summed E-state index contributed by atoms with van der Waals surface area (Å²) in [4.78, 5) is 16.5. The van der Waals surface area contributed by atoms with Gasteiger partial charge in [-0.15, -0.1) is 0 Å². The van der Waals surface area contributed by atoms with E-state index in [1.165, 1.54) is 0 Å². The molecule has 1 aromatic heterocycles. The van der Waals surface area contributed by atoms with Crippen LogP contribution >= 0.6 is 0 Å². The van der Waals surface area contributed by atoms with Crippen molar-refractivity contribution in [2.75, 3.05) is 12.8 Å². The van der Waals surface area contributed by atoms with Crippen LogP contribution in [0, 0.1) is 0 Å². The van der Waals surface area contributed by atoms with E-state index in [1.54, 1.807) is 31.5 Å². The van der Waals surface area contributed by atoms with Crippen LogP contribution in [-0.4, -0.2) is 22.4 Å². The van der Waals surface area contributed by atoms with Crippen molar-refractivity contribution in [2.45, 2.75) is 19.9 Å². The third-order valence-corrected chi connectivity index (χ3v) is 3.02. The Morgan fingerprint density at radius 2 is 2.26 bits per heavy atom. The van der Waals surface area contributed by atoms with Crippen molar-refractivity contribution in [1.82, 2.24) is 9.55 Å². The monoisotopic (exact) mass is 259 g/mol. The van der Waals surface area contributed by atoms with Crippen molar-refractivity contribution >= 4 is 11.5 Å². The van der Waals surface area contributed by atoms with Crippen LogP contribution in [0.25, 0.3) is 0 Å². The molecule has 0 fully saturated rings. The van der Waals surface area contributed by atoms with E-state index >= 15 is 0 Å². The molecule has 1 aromatic carbocycles. The Kier molecular flexibility index (Phi) is 3.85. The van der Waals surface area contributed by atoms with Crippen molar-refractivity contribution in [3.8, 4) is 5.75 Å². The van der Waals surface area contributed by atoms with Crippen molar-refractivity contribution < 1.29 is 9.53 Å². The smallest absolute Gasteiger partial charge is 0.172 e. The summed E-state index contributed by atoms with van der Waals surface area (Å²) < 4.78 is 7.05. The summed E-state index contributed by atoms with van der Waals surface area (Å²) in [6.07, 6.45) is 3.79. The molecular weight excluding hydrogens is 242 g/mol. The molecule has 2 aromatic rings. The molecule has 19 heavy (non-hydrogen) atoms. The molecule has 0 saturated carbocycles. The first-order valence-electron chi connectivity index (χ1n) is 6.12. The summed E-state index contributed by atoms with van der Waals surface area (Å²) in [6.45, 7) is 2.80. The molecule has 2 N–H and O–H groups in total. The maximum Gasteiger partial charge on any atom is 0.172 e. The minimum Gasteiger partial charge on any atom is -0.497 e. The predicted octanol–water partition coefficient (Wildman–Crippen LogP) is 1.92. The van der Waals surface area contributed by atoms with Crippen LogP contribution in [-0.2, 0) is 13.0 Å². The quantitative estimate of drug-likeness (QED) is 0.658. The van der Waals surface area contributed by atoms with Crippen LogP contribution in [0.5, 0.6) is 5.75 Å². The van der Waals surface area contributed by atoms with Gasteiger partial charge in [0.1, 0.15) is 11.6 Å². The molecule has 0 spiro atoms. The maximum absolute atomic E-state index is 12.3. The van der Waals surface area contributed by atoms with E-state index in [0.717, 1.165) is 12.4 Å². The SMILES string of the molecule is CCn1ccnc1CC(=O)c1cc(OC)ccc1N. The fraction of sp³-hybridized carbons (Fsp3) is 0.286. The Morgan fingerprint density at radius 3 is 2.95 bits per heavy atom. The normalized spacial score (nSPS) is 10.4. The molecule has 100 valence electrons. The molecule has 5 nitrogen and oxygen atoms in total. The van der Waals surface area contributed by atoms with E-state index in [2.05, 4.69) is 4.98 Å². The first kappa shape index (κ1) is 13.1. The number of nitrogens with zero attached hydrogens (tertiary/aromatic N) is 2. The van der Waals surface area contributed by atoms with Gasteiger partial charge in [0.15, 0.2) is 5.78 Å². The number of imidazole rings is 1. The summed E-state index contributed by atoms with van der Waals surface area (Å²) in [7, 11) is 1.56. The number of ether oxygens (including phenoxy) is 1. The van der Waals surface area contributed by atoms with Gasteiger partial charge in [-0.05, 0) is 25.1 Å². The van der Waals surface area contributed by atoms with Crippen molar-refractivity contribution in [2.24, 2.45) is 0 Å². The highest BCUT2D eigenvalue weighted by atomic mass is 16.5. The molecule has 1 heterocycles. The first-order valence-corrected chi connectivity index (χ1v) is 6.12. The van der Waals surface area contributed by atoms with E-state index in [4.69, 9.17) is 10.5 Å². The van der Waals surface area contributed by atoms with E-state index < -0.39 is 0 Å². The number of nitrogen functional groups attached to an aromatic ring is 1. The molecular formula is C14H17N3O2. The zero-order chi connectivity index (χ0) is 13.8. The lowest BCUT2D eigenvalue weighted by Crippen LogP contribution is -2.11. The zero-order valence-electron chi connectivity index (χ0n) is 11.1. The van der Waals surface area contributed by atoms with Gasteiger partial charge in [0, 0.05) is 30.2 Å². The highest BCUT2D eigenvalue weighted by molar-refractivity contribution is 6.02. The summed E-state index contributed by atoms with van der Waals surface area (Å²) in [5.41, 5.74) is 6.78. The van der Waals surface area contributed by atoms with Gasteiger partial charge >= 0.3 is 0 Å². The number of carbonyl (C=O) groups excluding carboxylic acids is 1. The molecule has 5 heteroatoms. The summed E-state index contributed by atoms with van der Waals surface area (Å²) >= 11 is 0.